The number of hydrogen-bond donors (Lipinski definition) is 0. The quantitative estimate of drug-likeness (QED) is 0.712. The zero-order valence-corrected chi connectivity index (χ0v) is 14.5. The van der Waals surface area contributed by atoms with Gasteiger partial charge in [0.05, 0.1) is 6.54 Å². The number of rotatable bonds is 8. The third-order valence-electron chi connectivity index (χ3n) is 3.90. The molecule has 0 bridgehead atoms. The van der Waals surface area contributed by atoms with E-state index in [1.54, 1.807) is 0 Å². The van der Waals surface area contributed by atoms with Gasteiger partial charge in [-0.05, 0) is 30.0 Å². The Hall–Kier alpha value is -2.03. The normalized spacial score (nSPS) is 11.0. The van der Waals surface area contributed by atoms with Crippen molar-refractivity contribution in [1.29, 1.82) is 0 Å². The van der Waals surface area contributed by atoms with Gasteiger partial charge < -0.3 is 9.47 Å². The van der Waals surface area contributed by atoms with Crippen molar-refractivity contribution in [2.45, 2.75) is 46.7 Å². The molecule has 2 aromatic rings. The number of nitrogens with zero attached hydrogens (tertiary/aromatic N) is 2. The van der Waals surface area contributed by atoms with Gasteiger partial charge in [-0.15, -0.1) is 0 Å². The van der Waals surface area contributed by atoms with Crippen LogP contribution in [0.15, 0.2) is 48.7 Å². The molecule has 0 aliphatic heterocycles. The van der Waals surface area contributed by atoms with Crippen LogP contribution in [0.25, 0.3) is 0 Å². The molecule has 1 amide bonds. The predicted octanol–water partition coefficient (Wildman–Crippen LogP) is 4.32. The first-order chi connectivity index (χ1) is 11.1. The Balaban J connectivity index is 2.08. The summed E-state index contributed by atoms with van der Waals surface area (Å²) in [6.45, 7) is 8.68. The summed E-state index contributed by atoms with van der Waals surface area (Å²) in [7, 11) is 0. The van der Waals surface area contributed by atoms with Crippen molar-refractivity contribution in [1.82, 2.24) is 9.47 Å². The second-order valence-electron chi connectivity index (χ2n) is 6.53. The van der Waals surface area contributed by atoms with E-state index in [1.807, 2.05) is 11.0 Å². The van der Waals surface area contributed by atoms with E-state index in [9.17, 15) is 4.79 Å². The Kier molecular flexibility index (Phi) is 6.45. The first-order valence-corrected chi connectivity index (χ1v) is 8.55. The van der Waals surface area contributed by atoms with E-state index in [2.05, 4.69) is 67.9 Å². The standard InChI is InChI=1S/C20H28N2O/c1-4-12-22(20(23)14-17(2)3)16-19-11-8-13-21(19)15-18-9-6-5-7-10-18/h5-11,13,17H,4,12,14-16H2,1-3H3. The van der Waals surface area contributed by atoms with Crippen LogP contribution < -0.4 is 0 Å². The first kappa shape index (κ1) is 17.3. The fourth-order valence-electron chi connectivity index (χ4n) is 2.76. The lowest BCUT2D eigenvalue weighted by Gasteiger charge is -2.24. The average molecular weight is 312 g/mol. The van der Waals surface area contributed by atoms with Crippen LogP contribution in [0.3, 0.4) is 0 Å². The summed E-state index contributed by atoms with van der Waals surface area (Å²) < 4.78 is 2.24. The lowest BCUT2D eigenvalue weighted by molar-refractivity contribution is -0.132. The molecule has 0 atom stereocenters. The maximum absolute atomic E-state index is 12.5. The van der Waals surface area contributed by atoms with Crippen molar-refractivity contribution >= 4 is 5.91 Å². The second-order valence-corrected chi connectivity index (χ2v) is 6.53. The van der Waals surface area contributed by atoms with Gasteiger partial charge in [0.2, 0.25) is 5.91 Å². The van der Waals surface area contributed by atoms with Crippen LogP contribution in [0.4, 0.5) is 0 Å². The highest BCUT2D eigenvalue weighted by Crippen LogP contribution is 2.13. The van der Waals surface area contributed by atoms with E-state index in [-0.39, 0.29) is 5.91 Å². The van der Waals surface area contributed by atoms with Crippen molar-refractivity contribution in [2.24, 2.45) is 5.92 Å². The molecule has 0 radical (unpaired) electrons. The fourth-order valence-corrected chi connectivity index (χ4v) is 2.76. The van der Waals surface area contributed by atoms with Crippen LogP contribution in [0.1, 0.15) is 44.9 Å². The molecular weight excluding hydrogens is 284 g/mol. The molecule has 0 saturated carbocycles. The topological polar surface area (TPSA) is 25.2 Å². The molecule has 0 spiro atoms. The molecule has 1 aromatic carbocycles. The number of aromatic nitrogens is 1. The fraction of sp³-hybridized carbons (Fsp3) is 0.450. The maximum Gasteiger partial charge on any atom is 0.223 e. The van der Waals surface area contributed by atoms with Crippen LogP contribution in [0, 0.1) is 5.92 Å². The Morgan fingerprint density at radius 1 is 1.13 bits per heavy atom. The molecule has 0 fully saturated rings. The zero-order valence-electron chi connectivity index (χ0n) is 14.5. The molecule has 1 aromatic heterocycles. The van der Waals surface area contributed by atoms with E-state index in [4.69, 9.17) is 0 Å². The highest BCUT2D eigenvalue weighted by molar-refractivity contribution is 5.76. The summed E-state index contributed by atoms with van der Waals surface area (Å²) in [5.74, 6) is 0.660. The zero-order chi connectivity index (χ0) is 16.7. The number of carbonyl (C=O) groups is 1. The van der Waals surface area contributed by atoms with Gasteiger partial charge in [-0.3, -0.25) is 4.79 Å². The lowest BCUT2D eigenvalue weighted by Crippen LogP contribution is -2.32. The van der Waals surface area contributed by atoms with E-state index in [0.29, 0.717) is 18.9 Å². The smallest absolute Gasteiger partial charge is 0.223 e. The molecule has 0 aliphatic carbocycles. The van der Waals surface area contributed by atoms with Crippen molar-refractivity contribution < 1.29 is 4.79 Å². The minimum atomic E-state index is 0.259. The molecule has 124 valence electrons. The van der Waals surface area contributed by atoms with Crippen LogP contribution in [-0.4, -0.2) is 21.9 Å². The summed E-state index contributed by atoms with van der Waals surface area (Å²) in [6.07, 6.45) is 3.71. The van der Waals surface area contributed by atoms with Crippen LogP contribution in [-0.2, 0) is 17.9 Å². The van der Waals surface area contributed by atoms with Crippen LogP contribution in [0.5, 0.6) is 0 Å². The number of amides is 1. The minimum absolute atomic E-state index is 0.259. The monoisotopic (exact) mass is 312 g/mol. The van der Waals surface area contributed by atoms with Gasteiger partial charge in [-0.25, -0.2) is 0 Å². The molecule has 23 heavy (non-hydrogen) atoms. The maximum atomic E-state index is 12.5. The Bertz CT molecular complexity index is 601. The molecule has 0 N–H and O–H groups in total. The SMILES string of the molecule is CCCN(Cc1cccn1Cc1ccccc1)C(=O)CC(C)C. The van der Waals surface area contributed by atoms with Crippen LogP contribution >= 0.6 is 0 Å². The summed E-state index contributed by atoms with van der Waals surface area (Å²) in [4.78, 5) is 14.5. The number of benzene rings is 1. The van der Waals surface area contributed by atoms with Crippen molar-refractivity contribution in [3.05, 3.63) is 59.9 Å². The average Bonchev–Trinajstić information content (AvgIpc) is 2.94. The van der Waals surface area contributed by atoms with E-state index in [1.165, 1.54) is 11.3 Å². The second kappa shape index (κ2) is 8.56. The molecule has 2 rings (SSSR count). The summed E-state index contributed by atoms with van der Waals surface area (Å²) in [5.41, 5.74) is 2.47. The van der Waals surface area contributed by atoms with Crippen molar-refractivity contribution in [3.8, 4) is 0 Å². The highest BCUT2D eigenvalue weighted by Gasteiger charge is 2.16. The van der Waals surface area contributed by atoms with Gasteiger partial charge in [0, 0.05) is 31.4 Å². The number of carbonyl (C=O) groups excluding carboxylic acids is 1. The summed E-state index contributed by atoms with van der Waals surface area (Å²) >= 11 is 0. The molecule has 3 nitrogen and oxygen atoms in total. The first-order valence-electron chi connectivity index (χ1n) is 8.55. The van der Waals surface area contributed by atoms with Gasteiger partial charge in [0.15, 0.2) is 0 Å². The predicted molar refractivity (Wildman–Crippen MR) is 95.1 cm³/mol. The Labute approximate surface area is 139 Å². The van der Waals surface area contributed by atoms with Gasteiger partial charge in [-0.1, -0.05) is 51.1 Å². The lowest BCUT2D eigenvalue weighted by atomic mass is 10.1. The molecule has 0 saturated heterocycles. The molecule has 0 unspecified atom stereocenters. The van der Waals surface area contributed by atoms with Crippen LogP contribution in [0.2, 0.25) is 0 Å². The van der Waals surface area contributed by atoms with E-state index >= 15 is 0 Å². The van der Waals surface area contributed by atoms with E-state index in [0.717, 1.165) is 19.5 Å². The molecule has 3 heteroatoms. The third kappa shape index (κ3) is 5.27. The largest absolute Gasteiger partial charge is 0.345 e. The van der Waals surface area contributed by atoms with Gasteiger partial charge >= 0.3 is 0 Å². The summed E-state index contributed by atoms with van der Waals surface area (Å²) in [6, 6.07) is 14.6. The summed E-state index contributed by atoms with van der Waals surface area (Å²) in [5, 5.41) is 0. The van der Waals surface area contributed by atoms with Gasteiger partial charge in [0.1, 0.15) is 0 Å². The Morgan fingerprint density at radius 2 is 1.87 bits per heavy atom. The van der Waals surface area contributed by atoms with E-state index < -0.39 is 0 Å². The molecule has 0 aliphatic rings. The van der Waals surface area contributed by atoms with Gasteiger partial charge in [-0.2, -0.15) is 0 Å². The molecule has 1 heterocycles. The van der Waals surface area contributed by atoms with Gasteiger partial charge in [0.25, 0.3) is 0 Å². The number of hydrogen-bond acceptors (Lipinski definition) is 1. The van der Waals surface area contributed by atoms with Crippen molar-refractivity contribution in [2.75, 3.05) is 6.54 Å². The third-order valence-corrected chi connectivity index (χ3v) is 3.90. The minimum Gasteiger partial charge on any atom is -0.345 e. The van der Waals surface area contributed by atoms with Crippen molar-refractivity contribution in [3.63, 3.8) is 0 Å². The molecular formula is C20H28N2O. The Morgan fingerprint density at radius 3 is 2.52 bits per heavy atom. The highest BCUT2D eigenvalue weighted by atomic mass is 16.2.